The predicted molar refractivity (Wildman–Crippen MR) is 86.5 cm³/mol. The van der Waals surface area contributed by atoms with Crippen molar-refractivity contribution in [2.75, 3.05) is 38.0 Å². The number of hydrogen-bond acceptors (Lipinski definition) is 3. The first-order chi connectivity index (χ1) is 9.95. The van der Waals surface area contributed by atoms with E-state index in [1.54, 1.807) is 24.0 Å². The lowest BCUT2D eigenvalue weighted by atomic mass is 10.3. The molecule has 1 aliphatic heterocycles. The first-order valence-corrected chi connectivity index (χ1v) is 7.85. The molecule has 1 saturated heterocycles. The van der Waals surface area contributed by atoms with E-state index in [1.165, 1.54) is 0 Å². The van der Waals surface area contributed by atoms with E-state index in [0.717, 1.165) is 4.47 Å². The number of amides is 2. The Balaban J connectivity index is 1.84. The molecule has 21 heavy (non-hydrogen) atoms. The van der Waals surface area contributed by atoms with E-state index in [0.29, 0.717) is 43.4 Å². The zero-order chi connectivity index (χ0) is 15.4. The molecule has 0 unspecified atom stereocenters. The molecule has 7 heteroatoms. The molecular formula is C14H17BrClN3O2. The quantitative estimate of drug-likeness (QED) is 0.882. The monoisotopic (exact) mass is 373 g/mol. The normalized spacial score (nSPS) is 15.9. The number of anilines is 1. The van der Waals surface area contributed by atoms with Crippen LogP contribution in [0.4, 0.5) is 5.69 Å². The Labute approximate surface area is 137 Å². The molecule has 5 nitrogen and oxygen atoms in total. The maximum absolute atomic E-state index is 12.0. The van der Waals surface area contributed by atoms with Crippen LogP contribution in [0.3, 0.4) is 0 Å². The Morgan fingerprint density at radius 3 is 2.52 bits per heavy atom. The van der Waals surface area contributed by atoms with E-state index in [-0.39, 0.29) is 11.8 Å². The molecule has 0 spiro atoms. The summed E-state index contributed by atoms with van der Waals surface area (Å²) < 4.78 is 0.867. The maximum Gasteiger partial charge on any atom is 0.238 e. The molecule has 0 aromatic heterocycles. The molecule has 114 valence electrons. The van der Waals surface area contributed by atoms with Crippen LogP contribution in [0.1, 0.15) is 6.92 Å². The van der Waals surface area contributed by atoms with Crippen LogP contribution in [-0.4, -0.2) is 54.3 Å². The zero-order valence-corrected chi connectivity index (χ0v) is 14.1. The Morgan fingerprint density at radius 1 is 1.29 bits per heavy atom. The number of hydrogen-bond donors (Lipinski definition) is 1. The number of nitrogens with zero attached hydrogens (tertiary/aromatic N) is 2. The molecule has 0 atom stereocenters. The molecule has 0 bridgehead atoms. The average Bonchev–Trinajstić information content (AvgIpc) is 2.42. The minimum absolute atomic E-state index is 0.0840. The van der Waals surface area contributed by atoms with Gasteiger partial charge >= 0.3 is 0 Å². The predicted octanol–water partition coefficient (Wildman–Crippen LogP) is 2.21. The summed E-state index contributed by atoms with van der Waals surface area (Å²) >= 11 is 9.39. The van der Waals surface area contributed by atoms with Crippen LogP contribution in [0.2, 0.25) is 5.02 Å². The van der Waals surface area contributed by atoms with Crippen molar-refractivity contribution >= 4 is 45.0 Å². The van der Waals surface area contributed by atoms with Gasteiger partial charge in [0.05, 0.1) is 17.3 Å². The molecule has 2 rings (SSSR count). The molecular weight excluding hydrogens is 358 g/mol. The molecule has 0 aliphatic carbocycles. The van der Waals surface area contributed by atoms with Crippen LogP contribution >= 0.6 is 27.5 Å². The summed E-state index contributed by atoms with van der Waals surface area (Å²) in [5.74, 6) is -0.0174. The van der Waals surface area contributed by atoms with Gasteiger partial charge in [0, 0.05) is 37.6 Å². The number of carbonyl (C=O) groups is 2. The number of piperazine rings is 1. The second kappa shape index (κ2) is 7.24. The summed E-state index contributed by atoms with van der Waals surface area (Å²) in [6.07, 6.45) is 0. The highest BCUT2D eigenvalue weighted by Crippen LogP contribution is 2.25. The minimum atomic E-state index is -0.101. The third kappa shape index (κ3) is 4.69. The van der Waals surface area contributed by atoms with Crippen LogP contribution in [-0.2, 0) is 9.59 Å². The summed E-state index contributed by atoms with van der Waals surface area (Å²) in [6, 6.07) is 5.33. The second-order valence-corrected chi connectivity index (χ2v) is 6.28. The summed E-state index contributed by atoms with van der Waals surface area (Å²) in [5, 5.41) is 3.30. The standard InChI is InChI=1S/C14H17BrClN3O2/c1-10(20)19-6-4-18(5-7-19)9-14(21)17-13-3-2-11(15)8-12(13)16/h2-3,8H,4-7,9H2,1H3,(H,17,21). The average molecular weight is 375 g/mol. The lowest BCUT2D eigenvalue weighted by Crippen LogP contribution is -2.49. The summed E-state index contributed by atoms with van der Waals surface area (Å²) in [7, 11) is 0. The van der Waals surface area contributed by atoms with Crippen molar-refractivity contribution in [3.63, 3.8) is 0 Å². The van der Waals surface area contributed by atoms with E-state index >= 15 is 0 Å². The van der Waals surface area contributed by atoms with Gasteiger partial charge in [-0.05, 0) is 18.2 Å². The Kier molecular flexibility index (Phi) is 5.61. The molecule has 0 saturated carbocycles. The number of benzene rings is 1. The van der Waals surface area contributed by atoms with Gasteiger partial charge < -0.3 is 10.2 Å². The van der Waals surface area contributed by atoms with Gasteiger partial charge in [-0.15, -0.1) is 0 Å². The summed E-state index contributed by atoms with van der Waals surface area (Å²) in [6.45, 7) is 4.63. The van der Waals surface area contributed by atoms with Crippen LogP contribution in [0.5, 0.6) is 0 Å². The highest BCUT2D eigenvalue weighted by atomic mass is 79.9. The van der Waals surface area contributed by atoms with E-state index in [9.17, 15) is 9.59 Å². The van der Waals surface area contributed by atoms with Gasteiger partial charge in [0.2, 0.25) is 11.8 Å². The Hall–Kier alpha value is -1.11. The van der Waals surface area contributed by atoms with Crippen molar-refractivity contribution in [3.8, 4) is 0 Å². The van der Waals surface area contributed by atoms with Crippen molar-refractivity contribution < 1.29 is 9.59 Å². The lowest BCUT2D eigenvalue weighted by Gasteiger charge is -2.33. The van der Waals surface area contributed by atoms with Crippen LogP contribution in [0.15, 0.2) is 22.7 Å². The molecule has 1 aromatic carbocycles. The van der Waals surface area contributed by atoms with Gasteiger partial charge in [-0.1, -0.05) is 27.5 Å². The van der Waals surface area contributed by atoms with Gasteiger partial charge in [0.15, 0.2) is 0 Å². The lowest BCUT2D eigenvalue weighted by molar-refractivity contribution is -0.130. The highest BCUT2D eigenvalue weighted by molar-refractivity contribution is 9.10. The number of nitrogens with one attached hydrogen (secondary N) is 1. The summed E-state index contributed by atoms with van der Waals surface area (Å²) in [4.78, 5) is 27.1. The fourth-order valence-electron chi connectivity index (χ4n) is 2.20. The molecule has 1 N–H and O–H groups in total. The molecule has 2 amide bonds. The molecule has 1 aromatic rings. The van der Waals surface area contributed by atoms with E-state index in [1.807, 2.05) is 11.0 Å². The van der Waals surface area contributed by atoms with Crippen LogP contribution in [0, 0.1) is 0 Å². The topological polar surface area (TPSA) is 52.7 Å². The van der Waals surface area contributed by atoms with Crippen molar-refractivity contribution in [2.24, 2.45) is 0 Å². The van der Waals surface area contributed by atoms with Gasteiger partial charge in [0.25, 0.3) is 0 Å². The minimum Gasteiger partial charge on any atom is -0.340 e. The van der Waals surface area contributed by atoms with Crippen LogP contribution in [0.25, 0.3) is 0 Å². The number of carbonyl (C=O) groups excluding carboxylic acids is 2. The number of rotatable bonds is 3. The smallest absolute Gasteiger partial charge is 0.238 e. The molecule has 0 radical (unpaired) electrons. The largest absolute Gasteiger partial charge is 0.340 e. The number of halogens is 2. The van der Waals surface area contributed by atoms with Gasteiger partial charge in [-0.2, -0.15) is 0 Å². The van der Waals surface area contributed by atoms with Crippen molar-refractivity contribution in [1.29, 1.82) is 0 Å². The fourth-order valence-corrected chi connectivity index (χ4v) is 2.93. The molecule has 1 heterocycles. The fraction of sp³-hybridized carbons (Fsp3) is 0.429. The Morgan fingerprint density at radius 2 is 1.95 bits per heavy atom. The van der Waals surface area contributed by atoms with Crippen molar-refractivity contribution in [1.82, 2.24) is 9.80 Å². The second-order valence-electron chi connectivity index (χ2n) is 4.95. The third-order valence-electron chi connectivity index (χ3n) is 3.39. The third-order valence-corrected chi connectivity index (χ3v) is 4.20. The molecule has 1 aliphatic rings. The first-order valence-electron chi connectivity index (χ1n) is 6.68. The van der Waals surface area contributed by atoms with Crippen molar-refractivity contribution in [3.05, 3.63) is 27.7 Å². The highest BCUT2D eigenvalue weighted by Gasteiger charge is 2.20. The van der Waals surface area contributed by atoms with E-state index in [2.05, 4.69) is 21.2 Å². The van der Waals surface area contributed by atoms with Gasteiger partial charge in [-0.25, -0.2) is 0 Å². The van der Waals surface area contributed by atoms with E-state index in [4.69, 9.17) is 11.6 Å². The zero-order valence-electron chi connectivity index (χ0n) is 11.7. The maximum atomic E-state index is 12.0. The van der Waals surface area contributed by atoms with Gasteiger partial charge in [0.1, 0.15) is 0 Å². The summed E-state index contributed by atoms with van der Waals surface area (Å²) in [5.41, 5.74) is 0.604. The Bertz CT molecular complexity index is 545. The van der Waals surface area contributed by atoms with Crippen molar-refractivity contribution in [2.45, 2.75) is 6.92 Å². The van der Waals surface area contributed by atoms with E-state index < -0.39 is 0 Å². The first kappa shape index (κ1) is 16.3. The van der Waals surface area contributed by atoms with Gasteiger partial charge in [-0.3, -0.25) is 14.5 Å². The molecule has 1 fully saturated rings. The SMILES string of the molecule is CC(=O)N1CCN(CC(=O)Nc2ccc(Br)cc2Cl)CC1. The van der Waals surface area contributed by atoms with Crippen LogP contribution < -0.4 is 5.32 Å².